The third kappa shape index (κ3) is 1.17. The van der Waals surface area contributed by atoms with Crippen LogP contribution in [0.5, 0.6) is 0 Å². The van der Waals surface area contributed by atoms with E-state index in [9.17, 15) is 0 Å². The molecule has 0 aromatic heterocycles. The van der Waals surface area contributed by atoms with Crippen LogP contribution in [0.15, 0.2) is 0 Å². The fourth-order valence-corrected chi connectivity index (χ4v) is 2.99. The topological polar surface area (TPSA) is 29.3 Å². The van der Waals surface area contributed by atoms with Crippen LogP contribution in [0.1, 0.15) is 25.7 Å². The van der Waals surface area contributed by atoms with Gasteiger partial charge in [-0.05, 0) is 50.7 Å². The van der Waals surface area contributed by atoms with Crippen LogP contribution in [0.2, 0.25) is 0 Å². The van der Waals surface area contributed by atoms with Crippen LogP contribution in [-0.4, -0.2) is 31.6 Å². The highest BCUT2D eigenvalue weighted by atomic mass is 15.1. The maximum atomic E-state index is 5.82. The quantitative estimate of drug-likeness (QED) is 0.634. The smallest absolute Gasteiger partial charge is 0.00381 e. The first-order valence-corrected chi connectivity index (χ1v) is 5.15. The molecule has 1 spiro atoms. The van der Waals surface area contributed by atoms with E-state index >= 15 is 0 Å². The largest absolute Gasteiger partial charge is 0.330 e. The maximum absolute atomic E-state index is 5.82. The van der Waals surface area contributed by atoms with E-state index in [1.807, 2.05) is 0 Å². The highest BCUT2D eigenvalue weighted by Gasteiger charge is 2.45. The third-order valence-electron chi connectivity index (χ3n) is 3.94. The zero-order valence-electron chi connectivity index (χ0n) is 8.05. The van der Waals surface area contributed by atoms with Crippen molar-refractivity contribution >= 4 is 0 Å². The molecule has 70 valence electrons. The van der Waals surface area contributed by atoms with Gasteiger partial charge in [-0.2, -0.15) is 0 Å². The minimum absolute atomic E-state index is 0.641. The molecule has 0 aromatic carbocycles. The molecule has 0 aromatic rings. The number of hydrogen-bond acceptors (Lipinski definition) is 2. The van der Waals surface area contributed by atoms with Crippen LogP contribution in [0.3, 0.4) is 0 Å². The molecule has 12 heavy (non-hydrogen) atoms. The molecule has 1 aliphatic heterocycles. The van der Waals surface area contributed by atoms with Gasteiger partial charge in [-0.3, -0.25) is 0 Å². The second kappa shape index (κ2) is 3.00. The summed E-state index contributed by atoms with van der Waals surface area (Å²) >= 11 is 0. The predicted octanol–water partition coefficient (Wildman–Crippen LogP) is 1.07. The van der Waals surface area contributed by atoms with Crippen molar-refractivity contribution in [2.75, 3.05) is 26.7 Å². The number of piperidine rings is 1. The molecule has 2 aliphatic rings. The van der Waals surface area contributed by atoms with Gasteiger partial charge in [0.25, 0.3) is 0 Å². The Kier molecular flexibility index (Phi) is 2.13. The number of likely N-dealkylation sites (tertiary alicyclic amines) is 1. The summed E-state index contributed by atoms with van der Waals surface area (Å²) < 4.78 is 0. The first-order chi connectivity index (χ1) is 5.77. The van der Waals surface area contributed by atoms with Crippen molar-refractivity contribution in [3.63, 3.8) is 0 Å². The monoisotopic (exact) mass is 168 g/mol. The Balaban J connectivity index is 2.04. The molecule has 1 saturated heterocycles. The van der Waals surface area contributed by atoms with Crippen LogP contribution in [0.25, 0.3) is 0 Å². The van der Waals surface area contributed by atoms with Crippen molar-refractivity contribution in [1.29, 1.82) is 0 Å². The van der Waals surface area contributed by atoms with Crippen LogP contribution in [0, 0.1) is 11.3 Å². The first kappa shape index (κ1) is 8.52. The average molecular weight is 168 g/mol. The summed E-state index contributed by atoms with van der Waals surface area (Å²) in [7, 11) is 2.24. The molecular formula is C10H20N2. The molecule has 2 N–H and O–H groups in total. The van der Waals surface area contributed by atoms with E-state index in [0.29, 0.717) is 5.41 Å². The Morgan fingerprint density at radius 2 is 2.25 bits per heavy atom. The lowest BCUT2D eigenvalue weighted by molar-refractivity contribution is -0.0228. The van der Waals surface area contributed by atoms with E-state index in [4.69, 9.17) is 5.73 Å². The minimum Gasteiger partial charge on any atom is -0.330 e. The summed E-state index contributed by atoms with van der Waals surface area (Å²) in [4.78, 5) is 2.48. The van der Waals surface area contributed by atoms with E-state index < -0.39 is 0 Å². The molecule has 1 atom stereocenters. The molecule has 1 aliphatic carbocycles. The van der Waals surface area contributed by atoms with Gasteiger partial charge in [0, 0.05) is 6.54 Å². The molecule has 2 nitrogen and oxygen atoms in total. The van der Waals surface area contributed by atoms with Gasteiger partial charge in [0.2, 0.25) is 0 Å². The van der Waals surface area contributed by atoms with E-state index in [2.05, 4.69) is 11.9 Å². The van der Waals surface area contributed by atoms with Crippen molar-refractivity contribution < 1.29 is 0 Å². The van der Waals surface area contributed by atoms with Crippen molar-refractivity contribution in [3.05, 3.63) is 0 Å². The van der Waals surface area contributed by atoms with E-state index in [1.54, 1.807) is 0 Å². The molecule has 0 bridgehead atoms. The second-order valence-electron chi connectivity index (χ2n) is 4.68. The van der Waals surface area contributed by atoms with E-state index in [1.165, 1.54) is 38.8 Å². The van der Waals surface area contributed by atoms with Gasteiger partial charge in [0.05, 0.1) is 0 Å². The van der Waals surface area contributed by atoms with Crippen molar-refractivity contribution in [3.8, 4) is 0 Å². The summed E-state index contributed by atoms with van der Waals surface area (Å²) in [6.07, 6.45) is 5.62. The summed E-state index contributed by atoms with van der Waals surface area (Å²) in [5.74, 6) is 0.822. The molecule has 2 heteroatoms. The second-order valence-corrected chi connectivity index (χ2v) is 4.68. The molecule has 2 rings (SSSR count). The molecule has 1 unspecified atom stereocenters. The molecule has 0 radical (unpaired) electrons. The third-order valence-corrected chi connectivity index (χ3v) is 3.94. The van der Waals surface area contributed by atoms with Gasteiger partial charge >= 0.3 is 0 Å². The Morgan fingerprint density at radius 3 is 2.75 bits per heavy atom. The van der Waals surface area contributed by atoms with Gasteiger partial charge < -0.3 is 10.6 Å². The molecular weight excluding hydrogens is 148 g/mol. The Labute approximate surface area is 75.1 Å². The van der Waals surface area contributed by atoms with Gasteiger partial charge in [0.15, 0.2) is 0 Å². The number of nitrogens with two attached hydrogens (primary N) is 1. The van der Waals surface area contributed by atoms with Crippen LogP contribution < -0.4 is 5.73 Å². The highest BCUT2D eigenvalue weighted by Crippen LogP contribution is 2.50. The van der Waals surface area contributed by atoms with E-state index in [-0.39, 0.29) is 0 Å². The Morgan fingerprint density at radius 1 is 1.50 bits per heavy atom. The Bertz CT molecular complexity index is 163. The zero-order valence-corrected chi connectivity index (χ0v) is 8.05. The van der Waals surface area contributed by atoms with Crippen molar-refractivity contribution in [1.82, 2.24) is 4.90 Å². The van der Waals surface area contributed by atoms with Gasteiger partial charge in [-0.1, -0.05) is 6.42 Å². The maximum Gasteiger partial charge on any atom is 0.00381 e. The zero-order chi connectivity index (χ0) is 8.60. The normalized spacial score (nSPS) is 35.0. The molecule has 2 fully saturated rings. The van der Waals surface area contributed by atoms with Gasteiger partial charge in [-0.25, -0.2) is 0 Å². The summed E-state index contributed by atoms with van der Waals surface area (Å²) in [6, 6.07) is 0. The first-order valence-electron chi connectivity index (χ1n) is 5.15. The average Bonchev–Trinajstić information content (AvgIpc) is 2.01. The standard InChI is InChI=1S/C10H20N2/c1-12-6-3-9(7-11)10(8-12)4-2-5-10/h9H,2-8,11H2,1H3. The fraction of sp³-hybridized carbons (Fsp3) is 1.00. The number of rotatable bonds is 1. The van der Waals surface area contributed by atoms with Gasteiger partial charge in [-0.15, -0.1) is 0 Å². The fourth-order valence-electron chi connectivity index (χ4n) is 2.99. The molecule has 0 amide bonds. The van der Waals surface area contributed by atoms with Crippen molar-refractivity contribution in [2.45, 2.75) is 25.7 Å². The summed E-state index contributed by atoms with van der Waals surface area (Å²) in [5, 5.41) is 0. The minimum atomic E-state index is 0.641. The lowest BCUT2D eigenvalue weighted by Gasteiger charge is -2.53. The summed E-state index contributed by atoms with van der Waals surface area (Å²) in [5.41, 5.74) is 6.46. The van der Waals surface area contributed by atoms with E-state index in [0.717, 1.165) is 12.5 Å². The highest BCUT2D eigenvalue weighted by molar-refractivity contribution is 4.98. The predicted molar refractivity (Wildman–Crippen MR) is 50.9 cm³/mol. The van der Waals surface area contributed by atoms with Crippen LogP contribution >= 0.6 is 0 Å². The number of nitrogens with zero attached hydrogens (tertiary/aromatic N) is 1. The molecule has 1 heterocycles. The van der Waals surface area contributed by atoms with Crippen LogP contribution in [0.4, 0.5) is 0 Å². The lowest BCUT2D eigenvalue weighted by atomic mass is 9.58. The summed E-state index contributed by atoms with van der Waals surface area (Å²) in [6.45, 7) is 3.46. The SMILES string of the molecule is CN1CCC(CN)C2(CCC2)C1. The number of hydrogen-bond donors (Lipinski definition) is 1. The van der Waals surface area contributed by atoms with Crippen LogP contribution in [-0.2, 0) is 0 Å². The Hall–Kier alpha value is -0.0800. The molecule has 1 saturated carbocycles. The van der Waals surface area contributed by atoms with Crippen molar-refractivity contribution in [2.24, 2.45) is 17.1 Å². The van der Waals surface area contributed by atoms with Gasteiger partial charge in [0.1, 0.15) is 0 Å². The lowest BCUT2D eigenvalue weighted by Crippen LogP contribution is -2.53.